The lowest BCUT2D eigenvalue weighted by molar-refractivity contribution is 0.251. The van der Waals surface area contributed by atoms with E-state index in [2.05, 4.69) is 15.2 Å². The largest absolute Gasteiger partial charge is 0.345 e. The molecule has 0 aliphatic carbocycles. The van der Waals surface area contributed by atoms with Crippen LogP contribution in [0.5, 0.6) is 0 Å². The SMILES string of the molecule is Cc1cccc(NC(=O)NCc2cccn2Cc2ccc(Cl)cc2)c1. The first-order valence-corrected chi connectivity index (χ1v) is 8.48. The lowest BCUT2D eigenvalue weighted by Gasteiger charge is -2.12. The number of anilines is 1. The molecule has 0 aliphatic heterocycles. The maximum Gasteiger partial charge on any atom is 0.319 e. The fourth-order valence-electron chi connectivity index (χ4n) is 2.62. The van der Waals surface area contributed by atoms with Gasteiger partial charge in [-0.2, -0.15) is 0 Å². The van der Waals surface area contributed by atoms with Crippen molar-refractivity contribution in [3.8, 4) is 0 Å². The first-order valence-electron chi connectivity index (χ1n) is 8.10. The van der Waals surface area contributed by atoms with Crippen molar-refractivity contribution >= 4 is 23.3 Å². The number of urea groups is 1. The molecule has 0 spiro atoms. The number of nitrogens with zero attached hydrogens (tertiary/aromatic N) is 1. The number of nitrogens with one attached hydrogen (secondary N) is 2. The number of carbonyl (C=O) groups is 1. The van der Waals surface area contributed by atoms with Crippen LogP contribution in [0.25, 0.3) is 0 Å². The lowest BCUT2D eigenvalue weighted by Crippen LogP contribution is -2.29. The summed E-state index contributed by atoms with van der Waals surface area (Å²) in [6, 6.07) is 19.3. The highest BCUT2D eigenvalue weighted by atomic mass is 35.5. The second-order valence-electron chi connectivity index (χ2n) is 5.93. The summed E-state index contributed by atoms with van der Waals surface area (Å²) in [4.78, 5) is 12.1. The van der Waals surface area contributed by atoms with Gasteiger partial charge in [0.15, 0.2) is 0 Å². The van der Waals surface area contributed by atoms with Gasteiger partial charge in [-0.3, -0.25) is 0 Å². The van der Waals surface area contributed by atoms with Crippen LogP contribution in [-0.2, 0) is 13.1 Å². The minimum Gasteiger partial charge on any atom is -0.345 e. The topological polar surface area (TPSA) is 46.1 Å². The number of aryl methyl sites for hydroxylation is 1. The fourth-order valence-corrected chi connectivity index (χ4v) is 2.75. The van der Waals surface area contributed by atoms with E-state index in [9.17, 15) is 4.79 Å². The summed E-state index contributed by atoms with van der Waals surface area (Å²) >= 11 is 5.92. The number of hydrogen-bond donors (Lipinski definition) is 2. The van der Waals surface area contributed by atoms with Gasteiger partial charge in [-0.15, -0.1) is 0 Å². The molecule has 5 heteroatoms. The molecular formula is C20H20ClN3O. The first kappa shape index (κ1) is 17.1. The molecule has 2 N–H and O–H groups in total. The Kier molecular flexibility index (Phi) is 5.41. The lowest BCUT2D eigenvalue weighted by atomic mass is 10.2. The molecule has 0 saturated carbocycles. The van der Waals surface area contributed by atoms with Crippen molar-refractivity contribution in [2.45, 2.75) is 20.0 Å². The molecule has 0 fully saturated rings. The number of amides is 2. The van der Waals surface area contributed by atoms with Crippen LogP contribution in [0, 0.1) is 6.92 Å². The maximum absolute atomic E-state index is 12.1. The van der Waals surface area contributed by atoms with Crippen LogP contribution in [0.3, 0.4) is 0 Å². The number of halogens is 1. The molecule has 1 aromatic heterocycles. The molecule has 25 heavy (non-hydrogen) atoms. The molecular weight excluding hydrogens is 334 g/mol. The van der Waals surface area contributed by atoms with E-state index in [0.29, 0.717) is 6.54 Å². The molecule has 0 aliphatic rings. The minimum atomic E-state index is -0.218. The molecule has 0 radical (unpaired) electrons. The van der Waals surface area contributed by atoms with Crippen LogP contribution in [-0.4, -0.2) is 10.6 Å². The van der Waals surface area contributed by atoms with Crippen LogP contribution in [0.15, 0.2) is 66.9 Å². The Hall–Kier alpha value is -2.72. The Bertz CT molecular complexity index is 855. The number of carbonyl (C=O) groups excluding carboxylic acids is 1. The summed E-state index contributed by atoms with van der Waals surface area (Å²) in [5.41, 5.74) is 4.09. The third-order valence-corrected chi connectivity index (χ3v) is 4.15. The van der Waals surface area contributed by atoms with Crippen molar-refractivity contribution in [2.24, 2.45) is 0 Å². The predicted molar refractivity (Wildman–Crippen MR) is 102 cm³/mol. The van der Waals surface area contributed by atoms with Gasteiger partial charge in [-0.25, -0.2) is 4.79 Å². The van der Waals surface area contributed by atoms with Crippen molar-refractivity contribution in [3.05, 3.63) is 88.7 Å². The van der Waals surface area contributed by atoms with Gasteiger partial charge in [0.2, 0.25) is 0 Å². The molecule has 3 aromatic rings. The maximum atomic E-state index is 12.1. The Morgan fingerprint density at radius 2 is 1.88 bits per heavy atom. The van der Waals surface area contributed by atoms with Gasteiger partial charge in [0.25, 0.3) is 0 Å². The average Bonchev–Trinajstić information content (AvgIpc) is 3.02. The zero-order valence-corrected chi connectivity index (χ0v) is 14.8. The monoisotopic (exact) mass is 353 g/mol. The van der Waals surface area contributed by atoms with E-state index in [0.717, 1.165) is 34.1 Å². The van der Waals surface area contributed by atoms with E-state index < -0.39 is 0 Å². The van der Waals surface area contributed by atoms with E-state index in [-0.39, 0.29) is 6.03 Å². The van der Waals surface area contributed by atoms with Crippen LogP contribution in [0.1, 0.15) is 16.8 Å². The molecule has 0 bridgehead atoms. The molecule has 0 saturated heterocycles. The minimum absolute atomic E-state index is 0.218. The van der Waals surface area contributed by atoms with Crippen molar-refractivity contribution in [1.29, 1.82) is 0 Å². The molecule has 4 nitrogen and oxygen atoms in total. The van der Waals surface area contributed by atoms with Gasteiger partial charge in [0.05, 0.1) is 6.54 Å². The zero-order chi connectivity index (χ0) is 17.6. The fraction of sp³-hybridized carbons (Fsp3) is 0.150. The van der Waals surface area contributed by atoms with Gasteiger partial charge in [-0.1, -0.05) is 35.9 Å². The number of aromatic nitrogens is 1. The van der Waals surface area contributed by atoms with E-state index in [1.807, 2.05) is 73.8 Å². The smallest absolute Gasteiger partial charge is 0.319 e. The van der Waals surface area contributed by atoms with Gasteiger partial charge in [0.1, 0.15) is 0 Å². The van der Waals surface area contributed by atoms with E-state index >= 15 is 0 Å². The molecule has 3 rings (SSSR count). The second kappa shape index (κ2) is 7.90. The van der Waals surface area contributed by atoms with Crippen molar-refractivity contribution in [1.82, 2.24) is 9.88 Å². The number of rotatable bonds is 5. The van der Waals surface area contributed by atoms with Crippen molar-refractivity contribution in [2.75, 3.05) is 5.32 Å². The highest BCUT2D eigenvalue weighted by Gasteiger charge is 2.06. The first-order chi connectivity index (χ1) is 12.1. The Labute approximate surface area is 152 Å². The highest BCUT2D eigenvalue weighted by molar-refractivity contribution is 6.30. The standard InChI is InChI=1S/C20H20ClN3O/c1-15-4-2-5-18(12-15)23-20(25)22-13-19-6-3-11-24(19)14-16-7-9-17(21)10-8-16/h2-12H,13-14H2,1H3,(H2,22,23,25). The van der Waals surface area contributed by atoms with E-state index in [1.54, 1.807) is 0 Å². The Morgan fingerprint density at radius 1 is 1.08 bits per heavy atom. The van der Waals surface area contributed by atoms with Crippen molar-refractivity contribution < 1.29 is 4.79 Å². The van der Waals surface area contributed by atoms with Crippen LogP contribution >= 0.6 is 11.6 Å². The van der Waals surface area contributed by atoms with Gasteiger partial charge < -0.3 is 15.2 Å². The van der Waals surface area contributed by atoms with Gasteiger partial charge in [0, 0.05) is 29.1 Å². The summed E-state index contributed by atoms with van der Waals surface area (Å²) in [6.07, 6.45) is 2.00. The normalized spacial score (nSPS) is 10.5. The van der Waals surface area contributed by atoms with Gasteiger partial charge >= 0.3 is 6.03 Å². The Balaban J connectivity index is 1.57. The summed E-state index contributed by atoms with van der Waals surface area (Å²) in [5.74, 6) is 0. The quantitative estimate of drug-likeness (QED) is 0.678. The number of benzene rings is 2. The highest BCUT2D eigenvalue weighted by Crippen LogP contribution is 2.13. The van der Waals surface area contributed by atoms with Crippen LogP contribution in [0.4, 0.5) is 10.5 Å². The average molecular weight is 354 g/mol. The van der Waals surface area contributed by atoms with Crippen LogP contribution < -0.4 is 10.6 Å². The van der Waals surface area contributed by atoms with Crippen LogP contribution in [0.2, 0.25) is 5.02 Å². The Morgan fingerprint density at radius 3 is 2.64 bits per heavy atom. The summed E-state index contributed by atoms with van der Waals surface area (Å²) in [6.45, 7) is 3.19. The second-order valence-corrected chi connectivity index (χ2v) is 6.37. The van der Waals surface area contributed by atoms with Gasteiger partial charge in [-0.05, 0) is 54.4 Å². The van der Waals surface area contributed by atoms with E-state index in [1.165, 1.54) is 0 Å². The third kappa shape index (κ3) is 4.88. The van der Waals surface area contributed by atoms with Crippen molar-refractivity contribution in [3.63, 3.8) is 0 Å². The number of hydrogen-bond acceptors (Lipinski definition) is 1. The molecule has 0 atom stereocenters. The molecule has 1 heterocycles. The summed E-state index contributed by atoms with van der Waals surface area (Å²) < 4.78 is 2.11. The van der Waals surface area contributed by atoms with E-state index in [4.69, 9.17) is 11.6 Å². The predicted octanol–water partition coefficient (Wildman–Crippen LogP) is 4.82. The molecule has 2 aromatic carbocycles. The summed E-state index contributed by atoms with van der Waals surface area (Å²) in [5, 5.41) is 6.47. The third-order valence-electron chi connectivity index (χ3n) is 3.90. The summed E-state index contributed by atoms with van der Waals surface area (Å²) in [7, 11) is 0. The molecule has 2 amide bonds. The molecule has 0 unspecified atom stereocenters. The molecule has 128 valence electrons. The zero-order valence-electron chi connectivity index (χ0n) is 14.0.